The first-order chi connectivity index (χ1) is 8.25. The fraction of sp³-hybridized carbons (Fsp3) is 0.571. The predicted molar refractivity (Wildman–Crippen MR) is 69.4 cm³/mol. The number of aryl methyl sites for hydroxylation is 1. The zero-order valence-corrected chi connectivity index (χ0v) is 10.7. The van der Waals surface area contributed by atoms with Crippen LogP contribution in [0, 0.1) is 6.92 Å². The molecule has 0 atom stereocenters. The summed E-state index contributed by atoms with van der Waals surface area (Å²) in [6.07, 6.45) is 1.92. The molecule has 0 spiro atoms. The molecule has 0 bridgehead atoms. The Kier molecular flexibility index (Phi) is 4.40. The Morgan fingerprint density at radius 2 is 1.82 bits per heavy atom. The number of anilines is 1. The van der Waals surface area contributed by atoms with E-state index < -0.39 is 0 Å². The van der Waals surface area contributed by atoms with Crippen LogP contribution in [0.3, 0.4) is 0 Å². The second kappa shape index (κ2) is 6.03. The molecule has 3 heteroatoms. The predicted octanol–water partition coefficient (Wildman–Crippen LogP) is 2.58. The third kappa shape index (κ3) is 3.72. The van der Waals surface area contributed by atoms with Crippen molar-refractivity contribution in [3.8, 4) is 0 Å². The normalized spacial score (nSPS) is 17.1. The summed E-state index contributed by atoms with van der Waals surface area (Å²) < 4.78 is 11.1. The first kappa shape index (κ1) is 12.4. The highest BCUT2D eigenvalue weighted by molar-refractivity contribution is 5.46. The highest BCUT2D eigenvalue weighted by Gasteiger charge is 2.14. The van der Waals surface area contributed by atoms with E-state index in [1.54, 1.807) is 0 Å². The Labute approximate surface area is 103 Å². The van der Waals surface area contributed by atoms with E-state index in [4.69, 9.17) is 9.47 Å². The Hall–Kier alpha value is -1.06. The lowest BCUT2D eigenvalue weighted by Gasteiger charge is -2.26. The van der Waals surface area contributed by atoms with Gasteiger partial charge < -0.3 is 14.4 Å². The van der Waals surface area contributed by atoms with Crippen LogP contribution in [0.25, 0.3) is 0 Å². The molecule has 1 aromatic carbocycles. The maximum absolute atomic E-state index is 5.53. The molecule has 0 N–H and O–H groups in total. The minimum atomic E-state index is -0.0170. The van der Waals surface area contributed by atoms with Gasteiger partial charge in [-0.3, -0.25) is 0 Å². The van der Waals surface area contributed by atoms with E-state index in [0.717, 1.165) is 32.6 Å². The summed E-state index contributed by atoms with van der Waals surface area (Å²) in [7, 11) is 2.10. The van der Waals surface area contributed by atoms with Crippen LogP contribution in [0.15, 0.2) is 24.3 Å². The van der Waals surface area contributed by atoms with Crippen molar-refractivity contribution in [3.05, 3.63) is 29.8 Å². The van der Waals surface area contributed by atoms with E-state index in [0.29, 0.717) is 0 Å². The van der Waals surface area contributed by atoms with E-state index >= 15 is 0 Å². The molecule has 94 valence electrons. The topological polar surface area (TPSA) is 21.7 Å². The maximum Gasteiger partial charge on any atom is 0.159 e. The number of benzene rings is 1. The monoisotopic (exact) mass is 235 g/mol. The molecule has 0 radical (unpaired) electrons. The van der Waals surface area contributed by atoms with Crippen LogP contribution in [0.4, 0.5) is 5.69 Å². The molecule has 1 heterocycles. The fourth-order valence-corrected chi connectivity index (χ4v) is 1.93. The van der Waals surface area contributed by atoms with Crippen molar-refractivity contribution in [2.75, 3.05) is 31.7 Å². The molecule has 1 aromatic rings. The lowest BCUT2D eigenvalue weighted by Crippen LogP contribution is -2.29. The number of hydrogen-bond donors (Lipinski definition) is 0. The number of hydrogen-bond acceptors (Lipinski definition) is 3. The van der Waals surface area contributed by atoms with Gasteiger partial charge in [0.2, 0.25) is 0 Å². The van der Waals surface area contributed by atoms with Gasteiger partial charge in [0.25, 0.3) is 0 Å². The van der Waals surface area contributed by atoms with Gasteiger partial charge in [-0.25, -0.2) is 0 Å². The third-order valence-electron chi connectivity index (χ3n) is 3.07. The Morgan fingerprint density at radius 3 is 2.47 bits per heavy atom. The number of nitrogens with zero attached hydrogens (tertiary/aromatic N) is 1. The molecular formula is C14H21NO2. The summed E-state index contributed by atoms with van der Waals surface area (Å²) in [5.74, 6) is 0. The fourth-order valence-electron chi connectivity index (χ4n) is 1.93. The Morgan fingerprint density at radius 1 is 1.18 bits per heavy atom. The molecule has 1 aliphatic heterocycles. The minimum Gasteiger partial charge on any atom is -0.374 e. The lowest BCUT2D eigenvalue weighted by molar-refractivity contribution is -0.179. The molecular weight excluding hydrogens is 214 g/mol. The van der Waals surface area contributed by atoms with E-state index in [2.05, 4.69) is 43.1 Å². The second-order valence-electron chi connectivity index (χ2n) is 4.57. The average Bonchev–Trinajstić information content (AvgIpc) is 2.38. The molecule has 3 nitrogen and oxygen atoms in total. The van der Waals surface area contributed by atoms with Gasteiger partial charge in [-0.2, -0.15) is 0 Å². The summed E-state index contributed by atoms with van der Waals surface area (Å²) in [5, 5.41) is 0. The van der Waals surface area contributed by atoms with E-state index in [-0.39, 0.29) is 6.29 Å². The van der Waals surface area contributed by atoms with Crippen molar-refractivity contribution in [3.63, 3.8) is 0 Å². The van der Waals surface area contributed by atoms with Crippen molar-refractivity contribution in [1.82, 2.24) is 0 Å². The highest BCUT2D eigenvalue weighted by atomic mass is 16.7. The number of rotatable bonds is 4. The first-order valence-electron chi connectivity index (χ1n) is 6.27. The van der Waals surface area contributed by atoms with Crippen LogP contribution in [0.1, 0.15) is 18.4 Å². The molecule has 1 aliphatic rings. The van der Waals surface area contributed by atoms with Crippen LogP contribution >= 0.6 is 0 Å². The van der Waals surface area contributed by atoms with Crippen molar-refractivity contribution >= 4 is 5.69 Å². The zero-order valence-electron chi connectivity index (χ0n) is 10.7. The SMILES string of the molecule is Cc1ccc(N(C)CCC2OCCCO2)cc1. The van der Waals surface area contributed by atoms with Crippen molar-refractivity contribution in [2.45, 2.75) is 26.1 Å². The summed E-state index contributed by atoms with van der Waals surface area (Å²) in [5.41, 5.74) is 2.53. The van der Waals surface area contributed by atoms with Crippen molar-refractivity contribution in [1.29, 1.82) is 0 Å². The summed E-state index contributed by atoms with van der Waals surface area (Å²) in [6, 6.07) is 8.58. The van der Waals surface area contributed by atoms with Crippen molar-refractivity contribution < 1.29 is 9.47 Å². The van der Waals surface area contributed by atoms with Gasteiger partial charge in [-0.1, -0.05) is 17.7 Å². The largest absolute Gasteiger partial charge is 0.374 e. The molecule has 2 rings (SSSR count). The standard InChI is InChI=1S/C14H21NO2/c1-12-4-6-13(7-5-12)15(2)9-8-14-16-10-3-11-17-14/h4-7,14H,3,8-11H2,1-2H3. The minimum absolute atomic E-state index is 0.0170. The molecule has 1 saturated heterocycles. The zero-order chi connectivity index (χ0) is 12.1. The Balaban J connectivity index is 1.80. The molecule has 1 fully saturated rings. The van der Waals surface area contributed by atoms with E-state index in [1.807, 2.05) is 0 Å². The molecule has 0 aliphatic carbocycles. The van der Waals surface area contributed by atoms with Gasteiger partial charge >= 0.3 is 0 Å². The van der Waals surface area contributed by atoms with Crippen LogP contribution in [-0.2, 0) is 9.47 Å². The average molecular weight is 235 g/mol. The summed E-state index contributed by atoms with van der Waals surface area (Å²) >= 11 is 0. The first-order valence-corrected chi connectivity index (χ1v) is 6.27. The molecule has 0 amide bonds. The van der Waals surface area contributed by atoms with Crippen LogP contribution < -0.4 is 4.90 Å². The summed E-state index contributed by atoms with van der Waals surface area (Å²) in [4.78, 5) is 2.24. The highest BCUT2D eigenvalue weighted by Crippen LogP contribution is 2.15. The number of ether oxygens (including phenoxy) is 2. The lowest BCUT2D eigenvalue weighted by atomic mass is 10.2. The van der Waals surface area contributed by atoms with E-state index in [9.17, 15) is 0 Å². The summed E-state index contributed by atoms with van der Waals surface area (Å²) in [6.45, 7) is 4.72. The molecule has 0 unspecified atom stereocenters. The molecule has 0 saturated carbocycles. The second-order valence-corrected chi connectivity index (χ2v) is 4.57. The van der Waals surface area contributed by atoms with Crippen molar-refractivity contribution in [2.24, 2.45) is 0 Å². The van der Waals surface area contributed by atoms with Gasteiger partial charge in [-0.05, 0) is 25.5 Å². The van der Waals surface area contributed by atoms with Gasteiger partial charge in [0.15, 0.2) is 6.29 Å². The van der Waals surface area contributed by atoms with Crippen LogP contribution in [0.5, 0.6) is 0 Å². The van der Waals surface area contributed by atoms with E-state index in [1.165, 1.54) is 11.3 Å². The molecule has 17 heavy (non-hydrogen) atoms. The van der Waals surface area contributed by atoms with Gasteiger partial charge in [-0.15, -0.1) is 0 Å². The molecule has 0 aromatic heterocycles. The van der Waals surface area contributed by atoms with Gasteiger partial charge in [0, 0.05) is 25.7 Å². The van der Waals surface area contributed by atoms with Gasteiger partial charge in [0.1, 0.15) is 0 Å². The smallest absolute Gasteiger partial charge is 0.159 e. The van der Waals surface area contributed by atoms with Crippen LogP contribution in [-0.4, -0.2) is 33.1 Å². The third-order valence-corrected chi connectivity index (χ3v) is 3.07. The van der Waals surface area contributed by atoms with Crippen LogP contribution in [0.2, 0.25) is 0 Å². The quantitative estimate of drug-likeness (QED) is 0.800. The van der Waals surface area contributed by atoms with Gasteiger partial charge in [0.05, 0.1) is 13.2 Å². The maximum atomic E-state index is 5.53. The Bertz CT molecular complexity index is 331.